The van der Waals surface area contributed by atoms with Crippen LogP contribution in [0.25, 0.3) is 11.3 Å². The molecule has 0 saturated heterocycles. The number of imidazole rings is 1. The van der Waals surface area contributed by atoms with Gasteiger partial charge in [-0.3, -0.25) is 4.79 Å². The summed E-state index contributed by atoms with van der Waals surface area (Å²) in [6, 6.07) is 25.0. The zero-order chi connectivity index (χ0) is 22.5. The summed E-state index contributed by atoms with van der Waals surface area (Å²) in [6.07, 6.45) is 0.683. The number of methoxy groups -OCH3 is 2. The molecule has 0 spiro atoms. The second-order valence-corrected chi connectivity index (χ2v) is 7.37. The quantitative estimate of drug-likeness (QED) is 0.497. The summed E-state index contributed by atoms with van der Waals surface area (Å²) in [6.45, 7) is 0. The maximum absolute atomic E-state index is 12.8. The molecule has 4 aromatic rings. The number of hydrogen-bond acceptors (Lipinski definition) is 3. The van der Waals surface area contributed by atoms with Crippen LogP contribution in [0.1, 0.15) is 21.6 Å². The fourth-order valence-corrected chi connectivity index (χ4v) is 3.63. The molecule has 32 heavy (non-hydrogen) atoms. The van der Waals surface area contributed by atoms with Crippen molar-refractivity contribution in [1.29, 1.82) is 0 Å². The van der Waals surface area contributed by atoms with Gasteiger partial charge in [0.25, 0.3) is 5.91 Å². The van der Waals surface area contributed by atoms with Gasteiger partial charge in [0.15, 0.2) is 0 Å². The lowest BCUT2D eigenvalue weighted by atomic mass is 10.0. The first kappa shape index (κ1) is 21.2. The molecule has 0 aliphatic heterocycles. The largest absolute Gasteiger partial charge is 0.497 e. The van der Waals surface area contributed by atoms with Crippen LogP contribution in [0.4, 0.5) is 0 Å². The molecule has 0 saturated carbocycles. The van der Waals surface area contributed by atoms with E-state index in [0.29, 0.717) is 23.4 Å². The number of benzene rings is 3. The van der Waals surface area contributed by atoms with Gasteiger partial charge >= 0.3 is 0 Å². The predicted molar refractivity (Wildman–Crippen MR) is 124 cm³/mol. The molecule has 1 N–H and O–H groups in total. The minimum absolute atomic E-state index is 0.322. The van der Waals surface area contributed by atoms with Gasteiger partial charge < -0.3 is 19.0 Å². The van der Waals surface area contributed by atoms with E-state index in [1.165, 1.54) is 0 Å². The molecule has 0 bridgehead atoms. The van der Waals surface area contributed by atoms with E-state index in [2.05, 4.69) is 22.1 Å². The Bertz CT molecular complexity index is 1270. The van der Waals surface area contributed by atoms with Crippen LogP contribution in [0.3, 0.4) is 0 Å². The van der Waals surface area contributed by atoms with Crippen LogP contribution < -0.4 is 15.1 Å². The third-order valence-electron chi connectivity index (χ3n) is 5.33. The van der Waals surface area contributed by atoms with E-state index >= 15 is 0 Å². The molecule has 162 valence electrons. The van der Waals surface area contributed by atoms with E-state index in [9.17, 15) is 4.79 Å². The number of rotatable bonds is 6. The molecule has 1 aromatic heterocycles. The highest BCUT2D eigenvalue weighted by molar-refractivity contribution is 5.95. The van der Waals surface area contributed by atoms with Gasteiger partial charge in [0.1, 0.15) is 11.5 Å². The fraction of sp³-hybridized carbons (Fsp3) is 0.154. The summed E-state index contributed by atoms with van der Waals surface area (Å²) in [5.74, 6) is 1.16. The van der Waals surface area contributed by atoms with Crippen molar-refractivity contribution in [3.8, 4) is 22.8 Å². The highest BCUT2D eigenvalue weighted by Crippen LogP contribution is 2.25. The van der Waals surface area contributed by atoms with Gasteiger partial charge in [0.05, 0.1) is 19.9 Å². The highest BCUT2D eigenvalue weighted by atomic mass is 16.5. The Morgan fingerprint density at radius 3 is 2.06 bits per heavy atom. The fourth-order valence-electron chi connectivity index (χ4n) is 3.63. The van der Waals surface area contributed by atoms with Crippen molar-refractivity contribution in [2.24, 2.45) is 12.0 Å². The summed E-state index contributed by atoms with van der Waals surface area (Å²) < 4.78 is 12.4. The Morgan fingerprint density at radius 2 is 1.47 bits per heavy atom. The minimum Gasteiger partial charge on any atom is -0.497 e. The average Bonchev–Trinajstić information content (AvgIpc) is 3.14. The van der Waals surface area contributed by atoms with E-state index in [0.717, 1.165) is 28.3 Å². The number of aromatic nitrogens is 2. The lowest BCUT2D eigenvalue weighted by molar-refractivity contribution is 0.0996. The Kier molecular flexibility index (Phi) is 6.22. The average molecular weight is 428 g/mol. The second kappa shape index (κ2) is 9.39. The van der Waals surface area contributed by atoms with E-state index in [1.807, 2.05) is 54.1 Å². The van der Waals surface area contributed by atoms with Gasteiger partial charge in [-0.1, -0.05) is 30.3 Å². The van der Waals surface area contributed by atoms with E-state index in [1.54, 1.807) is 38.5 Å². The number of ether oxygens (including phenoxy) is 2. The Hall–Kier alpha value is -4.06. The Balaban J connectivity index is 1.78. The topological polar surface area (TPSA) is 68.6 Å². The normalized spacial score (nSPS) is 11.4. The second-order valence-electron chi connectivity index (χ2n) is 7.37. The molecule has 6 nitrogen and oxygen atoms in total. The third-order valence-corrected chi connectivity index (χ3v) is 5.33. The number of nitrogens with zero attached hydrogens (tertiary/aromatic N) is 2. The first-order valence-electron chi connectivity index (χ1n) is 10.3. The Morgan fingerprint density at radius 1 is 0.875 bits per heavy atom. The monoisotopic (exact) mass is 427 g/mol. The van der Waals surface area contributed by atoms with Gasteiger partial charge in [-0.15, -0.1) is 0 Å². The number of nitrogens with one attached hydrogen (secondary N) is 1. The molecule has 0 radical (unpaired) electrons. The maximum Gasteiger partial charge on any atom is 0.280 e. The molecule has 6 heteroatoms. The van der Waals surface area contributed by atoms with E-state index in [4.69, 9.17) is 9.47 Å². The van der Waals surface area contributed by atoms with Crippen LogP contribution in [0.5, 0.6) is 11.5 Å². The maximum atomic E-state index is 12.8. The van der Waals surface area contributed by atoms with Crippen LogP contribution in [-0.2, 0) is 13.5 Å². The van der Waals surface area contributed by atoms with Crippen LogP contribution >= 0.6 is 0 Å². The zero-order valence-electron chi connectivity index (χ0n) is 18.3. The van der Waals surface area contributed by atoms with Crippen molar-refractivity contribution < 1.29 is 14.3 Å². The number of carbonyl (C=O) groups excluding carboxylic acids is 1. The molecular formula is C26H25N3O3. The van der Waals surface area contributed by atoms with E-state index < -0.39 is 0 Å². The lowest BCUT2D eigenvalue weighted by Crippen LogP contribution is -2.18. The SMILES string of the molecule is COc1ccc(C(=O)/N=c2\[nH]c(Cc3ccccc3)c(-c3ccc(OC)cc3)n2C)cc1. The molecule has 0 aliphatic rings. The first-order valence-corrected chi connectivity index (χ1v) is 10.3. The number of carbonyl (C=O) groups is 1. The number of H-pyrrole nitrogens is 1. The third kappa shape index (κ3) is 4.49. The summed E-state index contributed by atoms with van der Waals surface area (Å²) >= 11 is 0. The predicted octanol–water partition coefficient (Wildman–Crippen LogP) is 4.37. The number of aromatic amines is 1. The molecule has 1 amide bonds. The molecule has 0 fully saturated rings. The lowest BCUT2D eigenvalue weighted by Gasteiger charge is -2.08. The van der Waals surface area contributed by atoms with Crippen molar-refractivity contribution in [3.63, 3.8) is 0 Å². The molecule has 1 heterocycles. The molecule has 0 atom stereocenters. The summed E-state index contributed by atoms with van der Waals surface area (Å²) in [5, 5.41) is 0. The molecular weight excluding hydrogens is 402 g/mol. The molecule has 0 unspecified atom stereocenters. The van der Waals surface area contributed by atoms with Crippen LogP contribution in [0, 0.1) is 0 Å². The van der Waals surface area contributed by atoms with Crippen molar-refractivity contribution in [1.82, 2.24) is 9.55 Å². The van der Waals surface area contributed by atoms with Crippen LogP contribution in [0.2, 0.25) is 0 Å². The van der Waals surface area contributed by atoms with Crippen molar-refractivity contribution in [2.75, 3.05) is 14.2 Å². The molecule has 3 aromatic carbocycles. The van der Waals surface area contributed by atoms with Gasteiger partial charge in [-0.05, 0) is 54.1 Å². The van der Waals surface area contributed by atoms with E-state index in [-0.39, 0.29) is 5.91 Å². The minimum atomic E-state index is -0.322. The smallest absolute Gasteiger partial charge is 0.280 e. The van der Waals surface area contributed by atoms with Crippen LogP contribution in [0.15, 0.2) is 83.9 Å². The number of hydrogen-bond donors (Lipinski definition) is 1. The van der Waals surface area contributed by atoms with Crippen LogP contribution in [-0.4, -0.2) is 29.7 Å². The van der Waals surface area contributed by atoms with Crippen molar-refractivity contribution in [3.05, 3.63) is 101 Å². The molecule has 0 aliphatic carbocycles. The van der Waals surface area contributed by atoms with Crippen molar-refractivity contribution >= 4 is 5.91 Å². The Labute approximate surface area is 186 Å². The van der Waals surface area contributed by atoms with Crippen molar-refractivity contribution in [2.45, 2.75) is 6.42 Å². The number of amides is 1. The first-order chi connectivity index (χ1) is 15.6. The standard InChI is InChI=1S/C26H25N3O3/c1-29-24(19-9-13-21(31-2)14-10-19)23(17-18-7-5-4-6-8-18)27-26(29)28-25(30)20-11-15-22(32-3)16-12-20/h4-16H,17H2,1-3H3,(H,27,28,30). The summed E-state index contributed by atoms with van der Waals surface area (Å²) in [5.41, 5.74) is 5.10. The van der Waals surface area contributed by atoms with Gasteiger partial charge in [0.2, 0.25) is 5.62 Å². The van der Waals surface area contributed by atoms with Gasteiger partial charge in [-0.25, -0.2) is 0 Å². The zero-order valence-corrected chi connectivity index (χ0v) is 18.3. The van der Waals surface area contributed by atoms with Gasteiger partial charge in [-0.2, -0.15) is 4.99 Å². The highest BCUT2D eigenvalue weighted by Gasteiger charge is 2.15. The van der Waals surface area contributed by atoms with Gasteiger partial charge in [0, 0.05) is 30.3 Å². The summed E-state index contributed by atoms with van der Waals surface area (Å²) in [7, 11) is 5.15. The molecule has 4 rings (SSSR count). The summed E-state index contributed by atoms with van der Waals surface area (Å²) in [4.78, 5) is 20.5.